The Bertz CT molecular complexity index is 1000. The molecular weight excluding hydrogens is 771 g/mol. The van der Waals surface area contributed by atoms with E-state index < -0.39 is 12.1 Å². The van der Waals surface area contributed by atoms with E-state index in [1.54, 1.807) is 6.08 Å². The number of allylic oxidation sites excluding steroid dienone is 7. The van der Waals surface area contributed by atoms with Gasteiger partial charge in [0.1, 0.15) is 0 Å². The summed E-state index contributed by atoms with van der Waals surface area (Å²) in [6.45, 7) is 4.26. The van der Waals surface area contributed by atoms with Crippen LogP contribution in [0.25, 0.3) is 0 Å². The summed E-state index contributed by atoms with van der Waals surface area (Å²) >= 11 is 0. The zero-order chi connectivity index (χ0) is 45.6. The third-order valence-electron chi connectivity index (χ3n) is 13.0. The van der Waals surface area contributed by atoms with Gasteiger partial charge in [0.2, 0.25) is 5.91 Å². The molecular formula is C59H111NO3. The summed E-state index contributed by atoms with van der Waals surface area (Å²) in [7, 11) is 0. The van der Waals surface area contributed by atoms with E-state index in [-0.39, 0.29) is 12.5 Å². The fourth-order valence-corrected chi connectivity index (χ4v) is 8.70. The Morgan fingerprint density at radius 1 is 0.381 bits per heavy atom. The van der Waals surface area contributed by atoms with Crippen molar-refractivity contribution in [3.05, 3.63) is 48.6 Å². The van der Waals surface area contributed by atoms with E-state index in [2.05, 4.69) is 55.6 Å². The Balaban J connectivity index is 3.34. The lowest BCUT2D eigenvalue weighted by atomic mass is 10.0. The standard InChI is InChI=1S/C59H111NO3/c1-3-5-7-9-11-13-15-16-17-18-19-20-21-22-23-24-25-26-27-28-29-30-31-32-33-34-35-36-37-38-39-40-41-42-43-44-45-47-49-51-53-55-59(63)60-57(56-61)58(62)54-52-50-48-46-14-12-10-8-6-4-2/h14-16,18-19,46,52,54,57-58,61-62H,3-13,17,20-45,47-51,53,55-56H2,1-2H3,(H,60,63)/b16-15-,19-18-,46-14+,54-52+. The van der Waals surface area contributed by atoms with Crippen LogP contribution in [-0.2, 0) is 4.79 Å². The number of amides is 1. The lowest BCUT2D eigenvalue weighted by Crippen LogP contribution is -2.45. The minimum Gasteiger partial charge on any atom is -0.394 e. The van der Waals surface area contributed by atoms with Crippen molar-refractivity contribution in [1.82, 2.24) is 5.32 Å². The highest BCUT2D eigenvalue weighted by Crippen LogP contribution is 2.17. The molecule has 0 radical (unpaired) electrons. The number of carbonyl (C=O) groups excluding carboxylic acids is 1. The summed E-state index contributed by atoms with van der Waals surface area (Å²) in [6, 6.07) is -0.635. The van der Waals surface area contributed by atoms with Crippen LogP contribution >= 0.6 is 0 Å². The minimum atomic E-state index is -0.858. The first-order valence-electron chi connectivity index (χ1n) is 28.4. The van der Waals surface area contributed by atoms with E-state index in [1.165, 1.54) is 244 Å². The van der Waals surface area contributed by atoms with Crippen LogP contribution in [0.1, 0.15) is 303 Å². The highest BCUT2D eigenvalue weighted by atomic mass is 16.3. The second kappa shape index (κ2) is 54.7. The van der Waals surface area contributed by atoms with Crippen molar-refractivity contribution in [2.45, 2.75) is 315 Å². The molecule has 370 valence electrons. The van der Waals surface area contributed by atoms with Crippen molar-refractivity contribution < 1.29 is 15.0 Å². The van der Waals surface area contributed by atoms with Gasteiger partial charge in [0, 0.05) is 6.42 Å². The average Bonchev–Trinajstić information content (AvgIpc) is 3.29. The maximum absolute atomic E-state index is 12.4. The molecule has 0 spiro atoms. The van der Waals surface area contributed by atoms with Crippen LogP contribution in [0.3, 0.4) is 0 Å². The van der Waals surface area contributed by atoms with Crippen LogP contribution in [0.4, 0.5) is 0 Å². The molecule has 0 aromatic heterocycles. The smallest absolute Gasteiger partial charge is 0.220 e. The van der Waals surface area contributed by atoms with Crippen LogP contribution in [0.5, 0.6) is 0 Å². The summed E-state index contributed by atoms with van der Waals surface area (Å²) in [4.78, 5) is 12.4. The maximum Gasteiger partial charge on any atom is 0.220 e. The third kappa shape index (κ3) is 51.2. The van der Waals surface area contributed by atoms with E-state index in [0.29, 0.717) is 6.42 Å². The Kier molecular flexibility index (Phi) is 53.3. The van der Waals surface area contributed by atoms with Crippen molar-refractivity contribution >= 4 is 5.91 Å². The van der Waals surface area contributed by atoms with E-state index in [1.807, 2.05) is 6.08 Å². The number of aliphatic hydroxyl groups is 2. The van der Waals surface area contributed by atoms with Crippen LogP contribution in [-0.4, -0.2) is 34.9 Å². The van der Waals surface area contributed by atoms with Crippen molar-refractivity contribution in [2.75, 3.05) is 6.61 Å². The second-order valence-corrected chi connectivity index (χ2v) is 19.3. The van der Waals surface area contributed by atoms with Crippen molar-refractivity contribution in [2.24, 2.45) is 0 Å². The molecule has 0 aliphatic carbocycles. The van der Waals surface area contributed by atoms with Gasteiger partial charge in [-0.05, 0) is 64.2 Å². The van der Waals surface area contributed by atoms with Gasteiger partial charge in [0.25, 0.3) is 0 Å². The molecule has 4 nitrogen and oxygen atoms in total. The van der Waals surface area contributed by atoms with Gasteiger partial charge in [-0.15, -0.1) is 0 Å². The number of hydrogen-bond donors (Lipinski definition) is 3. The second-order valence-electron chi connectivity index (χ2n) is 19.3. The monoisotopic (exact) mass is 882 g/mol. The summed E-state index contributed by atoms with van der Waals surface area (Å²) in [5, 5.41) is 22.9. The van der Waals surface area contributed by atoms with Gasteiger partial charge < -0.3 is 15.5 Å². The van der Waals surface area contributed by atoms with Gasteiger partial charge >= 0.3 is 0 Å². The predicted octanol–water partition coefficient (Wildman–Crippen LogP) is 18.6. The molecule has 2 atom stereocenters. The molecule has 0 heterocycles. The van der Waals surface area contributed by atoms with Crippen molar-refractivity contribution in [3.8, 4) is 0 Å². The number of unbranched alkanes of at least 4 members (excludes halogenated alkanes) is 39. The molecule has 4 heteroatoms. The van der Waals surface area contributed by atoms with Gasteiger partial charge in [0.15, 0.2) is 0 Å². The molecule has 0 aromatic rings. The molecule has 0 saturated heterocycles. The quantitative estimate of drug-likeness (QED) is 0.0421. The Hall–Kier alpha value is -1.65. The number of rotatable bonds is 52. The van der Waals surface area contributed by atoms with Crippen LogP contribution in [0.15, 0.2) is 48.6 Å². The molecule has 0 aliphatic heterocycles. The summed E-state index contributed by atoms with van der Waals surface area (Å²) < 4.78 is 0. The van der Waals surface area contributed by atoms with E-state index in [0.717, 1.165) is 38.5 Å². The molecule has 0 rings (SSSR count). The topological polar surface area (TPSA) is 69.6 Å². The van der Waals surface area contributed by atoms with E-state index in [4.69, 9.17) is 0 Å². The zero-order valence-corrected chi connectivity index (χ0v) is 42.6. The third-order valence-corrected chi connectivity index (χ3v) is 13.0. The lowest BCUT2D eigenvalue weighted by molar-refractivity contribution is -0.123. The molecule has 63 heavy (non-hydrogen) atoms. The first kappa shape index (κ1) is 61.4. The SMILES string of the molecule is CCCCCC/C=C/CC/C=C/C(O)C(CO)NC(=O)CCCCCCCCCCCCCCCCCCCCCCCCCCCCCCC/C=C\C/C=C\CCCCCCC. The first-order chi connectivity index (χ1) is 31.2. The molecule has 1 amide bonds. The molecule has 3 N–H and O–H groups in total. The maximum atomic E-state index is 12.4. The molecule has 0 saturated carbocycles. The van der Waals surface area contributed by atoms with Crippen molar-refractivity contribution in [1.29, 1.82) is 0 Å². The fraction of sp³-hybridized carbons (Fsp3) is 0.847. The number of nitrogens with one attached hydrogen (secondary N) is 1. The predicted molar refractivity (Wildman–Crippen MR) is 281 cm³/mol. The Morgan fingerprint density at radius 3 is 1.03 bits per heavy atom. The Morgan fingerprint density at radius 2 is 0.667 bits per heavy atom. The molecule has 0 aromatic carbocycles. The summed E-state index contributed by atoms with van der Waals surface area (Å²) in [6.07, 6.45) is 76.0. The zero-order valence-electron chi connectivity index (χ0n) is 42.6. The van der Waals surface area contributed by atoms with Crippen LogP contribution in [0.2, 0.25) is 0 Å². The molecule has 0 fully saturated rings. The highest BCUT2D eigenvalue weighted by Gasteiger charge is 2.18. The number of carbonyl (C=O) groups is 1. The normalized spacial score (nSPS) is 13.1. The van der Waals surface area contributed by atoms with Gasteiger partial charge in [-0.1, -0.05) is 281 Å². The molecule has 0 aliphatic rings. The summed E-state index contributed by atoms with van der Waals surface area (Å²) in [5.41, 5.74) is 0. The van der Waals surface area contributed by atoms with Crippen LogP contribution in [0, 0.1) is 0 Å². The molecule has 2 unspecified atom stereocenters. The first-order valence-corrected chi connectivity index (χ1v) is 28.4. The number of hydrogen-bond acceptors (Lipinski definition) is 3. The average molecular weight is 883 g/mol. The van der Waals surface area contributed by atoms with E-state index >= 15 is 0 Å². The highest BCUT2D eigenvalue weighted by molar-refractivity contribution is 5.76. The van der Waals surface area contributed by atoms with Gasteiger partial charge in [-0.25, -0.2) is 0 Å². The van der Waals surface area contributed by atoms with Crippen molar-refractivity contribution in [3.63, 3.8) is 0 Å². The Labute approximate surface area is 394 Å². The number of aliphatic hydroxyl groups excluding tert-OH is 2. The largest absolute Gasteiger partial charge is 0.394 e. The van der Waals surface area contributed by atoms with Gasteiger partial charge in [-0.2, -0.15) is 0 Å². The minimum absolute atomic E-state index is 0.0718. The van der Waals surface area contributed by atoms with Gasteiger partial charge in [-0.3, -0.25) is 4.79 Å². The molecule has 0 bridgehead atoms. The van der Waals surface area contributed by atoms with Crippen LogP contribution < -0.4 is 5.32 Å². The van der Waals surface area contributed by atoms with E-state index in [9.17, 15) is 15.0 Å². The van der Waals surface area contributed by atoms with Gasteiger partial charge in [0.05, 0.1) is 18.8 Å². The summed E-state index contributed by atoms with van der Waals surface area (Å²) in [5.74, 6) is -0.0718. The lowest BCUT2D eigenvalue weighted by Gasteiger charge is -2.19. The fourth-order valence-electron chi connectivity index (χ4n) is 8.70.